The molecule has 3 rings (SSSR count). The first-order valence-corrected chi connectivity index (χ1v) is 7.07. The number of fused-ring (bicyclic) bond motifs is 1. The quantitative estimate of drug-likeness (QED) is 0.802. The van der Waals surface area contributed by atoms with Crippen LogP contribution in [0, 0.1) is 0 Å². The van der Waals surface area contributed by atoms with Crippen LogP contribution in [0.1, 0.15) is 16.7 Å². The van der Waals surface area contributed by atoms with Gasteiger partial charge >= 0.3 is 0 Å². The largest absolute Gasteiger partial charge is 0.392 e. The summed E-state index contributed by atoms with van der Waals surface area (Å²) in [6, 6.07) is 15.4. The van der Waals surface area contributed by atoms with Crippen LogP contribution in [0.2, 0.25) is 0 Å². The predicted octanol–water partition coefficient (Wildman–Crippen LogP) is 1.83. The van der Waals surface area contributed by atoms with Crippen molar-refractivity contribution in [1.29, 1.82) is 0 Å². The summed E-state index contributed by atoms with van der Waals surface area (Å²) in [5.74, 6) is 0.000557. The Kier molecular flexibility index (Phi) is 3.88. The minimum Gasteiger partial charge on any atom is -0.392 e. The van der Waals surface area contributed by atoms with Gasteiger partial charge in [-0.3, -0.25) is 4.79 Å². The molecule has 2 aromatic rings. The molecule has 1 amide bonds. The van der Waals surface area contributed by atoms with Crippen molar-refractivity contribution >= 4 is 11.6 Å². The highest BCUT2D eigenvalue weighted by Gasteiger charge is 2.25. The van der Waals surface area contributed by atoms with Gasteiger partial charge in [0.25, 0.3) is 0 Å². The molecule has 0 unspecified atom stereocenters. The van der Waals surface area contributed by atoms with E-state index in [0.29, 0.717) is 6.54 Å². The number of nitrogens with one attached hydrogen (secondary N) is 2. The first-order chi connectivity index (χ1) is 10.3. The number of hydrogen-bond acceptors (Lipinski definition) is 3. The molecule has 0 radical (unpaired) electrons. The fraction of sp³-hybridized carbons (Fsp3) is 0.235. The molecular weight excluding hydrogens is 264 g/mol. The molecule has 0 fully saturated rings. The molecule has 0 bridgehead atoms. The summed E-state index contributed by atoms with van der Waals surface area (Å²) >= 11 is 0. The zero-order valence-corrected chi connectivity index (χ0v) is 11.7. The van der Waals surface area contributed by atoms with Gasteiger partial charge in [-0.2, -0.15) is 0 Å². The van der Waals surface area contributed by atoms with Gasteiger partial charge in [-0.25, -0.2) is 0 Å². The van der Waals surface area contributed by atoms with Crippen LogP contribution in [0.15, 0.2) is 48.5 Å². The third kappa shape index (κ3) is 3.06. The van der Waals surface area contributed by atoms with Crippen molar-refractivity contribution in [2.75, 3.05) is 5.32 Å². The molecule has 21 heavy (non-hydrogen) atoms. The Bertz CT molecular complexity index is 630. The van der Waals surface area contributed by atoms with E-state index >= 15 is 0 Å². The number of carbonyl (C=O) groups is 1. The Hall–Kier alpha value is -2.33. The van der Waals surface area contributed by atoms with E-state index < -0.39 is 0 Å². The summed E-state index contributed by atoms with van der Waals surface area (Å²) in [6.45, 7) is 0.489. The number of amides is 1. The third-order valence-electron chi connectivity index (χ3n) is 3.73. The third-order valence-corrected chi connectivity index (χ3v) is 3.73. The normalized spacial score (nSPS) is 16.1. The van der Waals surface area contributed by atoms with Gasteiger partial charge in [0.05, 0.1) is 6.61 Å². The highest BCUT2D eigenvalue weighted by molar-refractivity contribution is 5.87. The summed E-state index contributed by atoms with van der Waals surface area (Å²) < 4.78 is 0. The predicted molar refractivity (Wildman–Crippen MR) is 81.8 cm³/mol. The van der Waals surface area contributed by atoms with Crippen molar-refractivity contribution in [3.63, 3.8) is 0 Å². The van der Waals surface area contributed by atoms with E-state index in [1.165, 1.54) is 5.56 Å². The molecule has 2 aromatic carbocycles. The van der Waals surface area contributed by atoms with Crippen LogP contribution in [-0.4, -0.2) is 17.1 Å². The number of carbonyl (C=O) groups excluding carboxylic acids is 1. The topological polar surface area (TPSA) is 61.4 Å². The maximum absolute atomic E-state index is 12.2. The summed E-state index contributed by atoms with van der Waals surface area (Å²) in [7, 11) is 0. The van der Waals surface area contributed by atoms with Gasteiger partial charge in [-0.1, -0.05) is 42.5 Å². The van der Waals surface area contributed by atoms with E-state index in [1.807, 2.05) is 48.5 Å². The van der Waals surface area contributed by atoms with E-state index in [0.717, 1.165) is 23.2 Å². The van der Waals surface area contributed by atoms with Crippen molar-refractivity contribution in [3.05, 3.63) is 65.2 Å². The van der Waals surface area contributed by atoms with Gasteiger partial charge in [-0.05, 0) is 22.8 Å². The Morgan fingerprint density at radius 2 is 2.00 bits per heavy atom. The molecule has 0 spiro atoms. The van der Waals surface area contributed by atoms with Crippen LogP contribution in [0.25, 0.3) is 0 Å². The van der Waals surface area contributed by atoms with Crippen molar-refractivity contribution in [2.45, 2.75) is 25.6 Å². The molecular formula is C17H18N2O2. The zero-order chi connectivity index (χ0) is 14.7. The first kappa shape index (κ1) is 13.6. The molecule has 0 saturated heterocycles. The van der Waals surface area contributed by atoms with Crippen LogP contribution >= 0.6 is 0 Å². The summed E-state index contributed by atoms with van der Waals surface area (Å²) in [5, 5.41) is 15.3. The number of hydrogen-bond donors (Lipinski definition) is 3. The van der Waals surface area contributed by atoms with E-state index in [-0.39, 0.29) is 18.6 Å². The molecule has 1 aliphatic rings. The second-order valence-corrected chi connectivity index (χ2v) is 5.25. The van der Waals surface area contributed by atoms with Crippen LogP contribution in [-0.2, 0) is 24.4 Å². The molecule has 1 aliphatic heterocycles. The van der Waals surface area contributed by atoms with Gasteiger partial charge in [0.1, 0.15) is 6.04 Å². The fourth-order valence-corrected chi connectivity index (χ4v) is 2.61. The molecule has 108 valence electrons. The minimum absolute atomic E-state index is 0.000557. The molecule has 0 aromatic heterocycles. The highest BCUT2D eigenvalue weighted by atomic mass is 16.3. The van der Waals surface area contributed by atoms with Crippen molar-refractivity contribution in [1.82, 2.24) is 5.32 Å². The molecule has 0 saturated carbocycles. The maximum Gasteiger partial charge on any atom is 0.243 e. The lowest BCUT2D eigenvalue weighted by molar-refractivity contribution is -0.121. The Morgan fingerprint density at radius 3 is 2.81 bits per heavy atom. The van der Waals surface area contributed by atoms with Crippen molar-refractivity contribution < 1.29 is 9.90 Å². The van der Waals surface area contributed by atoms with Crippen LogP contribution in [0.5, 0.6) is 0 Å². The molecule has 1 atom stereocenters. The number of anilines is 1. The summed E-state index contributed by atoms with van der Waals surface area (Å²) in [5.41, 5.74) is 4.07. The average molecular weight is 282 g/mol. The zero-order valence-electron chi connectivity index (χ0n) is 11.7. The highest BCUT2D eigenvalue weighted by Crippen LogP contribution is 2.25. The van der Waals surface area contributed by atoms with Gasteiger partial charge in [-0.15, -0.1) is 0 Å². The minimum atomic E-state index is -0.205. The van der Waals surface area contributed by atoms with Gasteiger partial charge < -0.3 is 15.7 Å². The Morgan fingerprint density at radius 1 is 1.19 bits per heavy atom. The standard InChI is InChI=1S/C17H18N2O2/c20-11-13-5-3-4-12(8-13)10-18-17(21)16-9-14-6-1-2-7-15(14)19-16/h1-8,16,19-20H,9-11H2,(H,18,21)/t16-/m0/s1. The molecule has 4 nitrogen and oxygen atoms in total. The SMILES string of the molecule is O=C(NCc1cccc(CO)c1)[C@@H]1Cc2ccccc2N1. The number of aliphatic hydroxyl groups excluding tert-OH is 1. The molecule has 1 heterocycles. The molecule has 0 aliphatic carbocycles. The lowest BCUT2D eigenvalue weighted by Crippen LogP contribution is -2.38. The molecule has 4 heteroatoms. The van der Waals surface area contributed by atoms with E-state index in [9.17, 15) is 4.79 Å². The average Bonchev–Trinajstić information content (AvgIpc) is 2.97. The van der Waals surface area contributed by atoms with E-state index in [4.69, 9.17) is 5.11 Å². The number of para-hydroxylation sites is 1. The van der Waals surface area contributed by atoms with E-state index in [2.05, 4.69) is 10.6 Å². The molecule has 3 N–H and O–H groups in total. The van der Waals surface area contributed by atoms with Crippen molar-refractivity contribution in [3.8, 4) is 0 Å². The Labute approximate surface area is 123 Å². The summed E-state index contributed by atoms with van der Waals surface area (Å²) in [4.78, 5) is 12.2. The maximum atomic E-state index is 12.2. The van der Waals surface area contributed by atoms with E-state index in [1.54, 1.807) is 0 Å². The smallest absolute Gasteiger partial charge is 0.243 e. The lowest BCUT2D eigenvalue weighted by atomic mass is 10.1. The van der Waals surface area contributed by atoms with Gasteiger partial charge in [0.15, 0.2) is 0 Å². The Balaban J connectivity index is 1.58. The van der Waals surface area contributed by atoms with Crippen LogP contribution < -0.4 is 10.6 Å². The van der Waals surface area contributed by atoms with Crippen LogP contribution in [0.3, 0.4) is 0 Å². The lowest BCUT2D eigenvalue weighted by Gasteiger charge is -2.12. The number of aliphatic hydroxyl groups is 1. The van der Waals surface area contributed by atoms with Crippen molar-refractivity contribution in [2.24, 2.45) is 0 Å². The fourth-order valence-electron chi connectivity index (χ4n) is 2.61. The first-order valence-electron chi connectivity index (χ1n) is 7.07. The summed E-state index contributed by atoms with van der Waals surface area (Å²) in [6.07, 6.45) is 0.721. The van der Waals surface area contributed by atoms with Gasteiger partial charge in [0.2, 0.25) is 5.91 Å². The second kappa shape index (κ2) is 5.97. The number of rotatable bonds is 4. The van der Waals surface area contributed by atoms with Gasteiger partial charge in [0, 0.05) is 18.7 Å². The monoisotopic (exact) mass is 282 g/mol. The number of benzene rings is 2. The second-order valence-electron chi connectivity index (χ2n) is 5.25. The van der Waals surface area contributed by atoms with Crippen LogP contribution in [0.4, 0.5) is 5.69 Å².